The number of aliphatic hydroxyl groups excluding tert-OH is 2. The molecule has 2 rings (SSSR count). The smallest absolute Gasteiger partial charge is 0.237 e. The van der Waals surface area contributed by atoms with Crippen LogP contribution in [0.4, 0.5) is 0 Å². The highest BCUT2D eigenvalue weighted by atomic mass is 16.3. The van der Waals surface area contributed by atoms with Crippen LogP contribution in [-0.4, -0.2) is 41.4 Å². The number of amides is 1. The van der Waals surface area contributed by atoms with E-state index in [1.807, 2.05) is 31.2 Å². The highest BCUT2D eigenvalue weighted by molar-refractivity contribution is 5.82. The summed E-state index contributed by atoms with van der Waals surface area (Å²) in [4.78, 5) is 11.8. The zero-order valence-corrected chi connectivity index (χ0v) is 11.0. The fourth-order valence-corrected chi connectivity index (χ4v) is 2.14. The van der Waals surface area contributed by atoms with Gasteiger partial charge in [-0.25, -0.2) is 0 Å². The summed E-state index contributed by atoms with van der Waals surface area (Å²) in [7, 11) is 0. The summed E-state index contributed by atoms with van der Waals surface area (Å²) in [6.45, 7) is 2.60. The van der Waals surface area contributed by atoms with E-state index in [0.717, 1.165) is 11.1 Å². The summed E-state index contributed by atoms with van der Waals surface area (Å²) in [6.07, 6.45) is -0.749. The maximum Gasteiger partial charge on any atom is 0.237 e. The highest BCUT2D eigenvalue weighted by Crippen LogP contribution is 2.13. The van der Waals surface area contributed by atoms with Crippen LogP contribution in [0.5, 0.6) is 0 Å². The molecular weight excluding hydrogens is 244 g/mol. The van der Waals surface area contributed by atoms with Crippen molar-refractivity contribution in [2.24, 2.45) is 0 Å². The van der Waals surface area contributed by atoms with Crippen LogP contribution in [-0.2, 0) is 4.79 Å². The van der Waals surface area contributed by atoms with Gasteiger partial charge in [0.2, 0.25) is 5.91 Å². The van der Waals surface area contributed by atoms with Crippen molar-refractivity contribution in [3.63, 3.8) is 0 Å². The maximum atomic E-state index is 11.8. The van der Waals surface area contributed by atoms with E-state index in [2.05, 4.69) is 10.6 Å². The molecule has 1 aliphatic rings. The minimum Gasteiger partial charge on any atom is -0.392 e. The minimum absolute atomic E-state index is 0.177. The zero-order valence-electron chi connectivity index (χ0n) is 11.0. The first-order valence-electron chi connectivity index (χ1n) is 6.50. The molecule has 0 radical (unpaired) electrons. The first-order valence-corrected chi connectivity index (χ1v) is 6.50. The van der Waals surface area contributed by atoms with Gasteiger partial charge in [0.05, 0.1) is 18.2 Å². The highest BCUT2D eigenvalue weighted by Gasteiger charge is 2.28. The van der Waals surface area contributed by atoms with Crippen molar-refractivity contribution in [2.75, 3.05) is 13.1 Å². The van der Waals surface area contributed by atoms with E-state index in [1.54, 1.807) is 0 Å². The summed E-state index contributed by atoms with van der Waals surface area (Å²) in [5.41, 5.74) is 1.91. The lowest BCUT2D eigenvalue weighted by Gasteiger charge is -2.15. The monoisotopic (exact) mass is 264 g/mol. The third kappa shape index (κ3) is 3.76. The van der Waals surface area contributed by atoms with Gasteiger partial charge in [0.1, 0.15) is 0 Å². The third-order valence-electron chi connectivity index (χ3n) is 3.36. The van der Waals surface area contributed by atoms with E-state index in [1.165, 1.54) is 0 Å². The summed E-state index contributed by atoms with van der Waals surface area (Å²) in [5, 5.41) is 24.9. The number of hydrogen-bond acceptors (Lipinski definition) is 4. The Bertz CT molecular complexity index is 433. The lowest BCUT2D eigenvalue weighted by molar-refractivity contribution is -0.123. The molecule has 5 nitrogen and oxygen atoms in total. The topological polar surface area (TPSA) is 81.6 Å². The normalized spacial score (nSPS) is 24.2. The maximum absolute atomic E-state index is 11.8. The van der Waals surface area contributed by atoms with Crippen LogP contribution in [0.3, 0.4) is 0 Å². The van der Waals surface area contributed by atoms with Crippen LogP contribution < -0.4 is 10.6 Å². The molecule has 0 spiro atoms. The molecule has 1 aromatic carbocycles. The predicted octanol–water partition coefficient (Wildman–Crippen LogP) is -0.133. The zero-order chi connectivity index (χ0) is 13.8. The van der Waals surface area contributed by atoms with Crippen molar-refractivity contribution in [1.29, 1.82) is 0 Å². The van der Waals surface area contributed by atoms with Crippen LogP contribution in [0.1, 0.15) is 23.7 Å². The van der Waals surface area contributed by atoms with Crippen molar-refractivity contribution in [1.82, 2.24) is 10.6 Å². The molecule has 1 amide bonds. The average molecular weight is 264 g/mol. The van der Waals surface area contributed by atoms with Crippen LogP contribution in [0.25, 0.3) is 0 Å². The number of aliphatic hydroxyl groups is 2. The molecule has 0 aromatic heterocycles. The van der Waals surface area contributed by atoms with E-state index < -0.39 is 12.2 Å². The van der Waals surface area contributed by atoms with Crippen molar-refractivity contribution in [2.45, 2.75) is 31.6 Å². The molecule has 1 heterocycles. The van der Waals surface area contributed by atoms with Gasteiger partial charge in [0, 0.05) is 13.1 Å². The molecule has 5 heteroatoms. The first kappa shape index (κ1) is 14.0. The molecule has 104 valence electrons. The van der Waals surface area contributed by atoms with Gasteiger partial charge >= 0.3 is 0 Å². The molecule has 1 aliphatic heterocycles. The fraction of sp³-hybridized carbons (Fsp3) is 0.500. The number of carbonyl (C=O) groups excluding carboxylic acids is 1. The second kappa shape index (κ2) is 6.14. The average Bonchev–Trinajstić information content (AvgIpc) is 2.83. The summed E-state index contributed by atoms with van der Waals surface area (Å²) < 4.78 is 0. The Morgan fingerprint density at radius 2 is 2.16 bits per heavy atom. The Kier molecular flexibility index (Phi) is 4.52. The van der Waals surface area contributed by atoms with Crippen LogP contribution >= 0.6 is 0 Å². The lowest BCUT2D eigenvalue weighted by Crippen LogP contribution is -2.41. The SMILES string of the molecule is Cc1ccc([C@H](O)CNC(=O)[C@@H]2C[C@H](O)CN2)cc1. The standard InChI is InChI=1S/C14H20N2O3/c1-9-2-4-10(5-3-9)13(18)8-16-14(19)12-6-11(17)7-15-12/h2-5,11-13,15,17-18H,6-8H2,1H3,(H,16,19)/t11-,12-,13+/m0/s1. The number of carbonyl (C=O) groups is 1. The van der Waals surface area contributed by atoms with Crippen LogP contribution in [0.2, 0.25) is 0 Å². The Balaban J connectivity index is 1.81. The molecule has 0 bridgehead atoms. The van der Waals surface area contributed by atoms with E-state index >= 15 is 0 Å². The number of rotatable bonds is 4. The Hall–Kier alpha value is -1.43. The van der Waals surface area contributed by atoms with Gasteiger partial charge in [-0.2, -0.15) is 0 Å². The largest absolute Gasteiger partial charge is 0.392 e. The molecule has 4 N–H and O–H groups in total. The minimum atomic E-state index is -0.712. The van der Waals surface area contributed by atoms with Gasteiger partial charge in [-0.05, 0) is 18.9 Å². The van der Waals surface area contributed by atoms with Crippen molar-refractivity contribution < 1.29 is 15.0 Å². The number of aryl methyl sites for hydroxylation is 1. The van der Waals surface area contributed by atoms with E-state index in [4.69, 9.17) is 0 Å². The van der Waals surface area contributed by atoms with Gasteiger partial charge in [-0.1, -0.05) is 29.8 Å². The molecule has 0 saturated carbocycles. The summed E-state index contributed by atoms with van der Waals surface area (Å²) >= 11 is 0. The Morgan fingerprint density at radius 1 is 1.47 bits per heavy atom. The molecule has 19 heavy (non-hydrogen) atoms. The fourth-order valence-electron chi connectivity index (χ4n) is 2.14. The second-order valence-electron chi connectivity index (χ2n) is 5.02. The molecule has 1 fully saturated rings. The summed E-state index contributed by atoms with van der Waals surface area (Å²) in [6, 6.07) is 7.19. The van der Waals surface area contributed by atoms with E-state index in [-0.39, 0.29) is 18.5 Å². The molecule has 1 aromatic rings. The lowest BCUT2D eigenvalue weighted by atomic mass is 10.1. The molecular formula is C14H20N2O3. The first-order chi connectivity index (χ1) is 9.06. The quantitative estimate of drug-likeness (QED) is 0.610. The molecule has 3 atom stereocenters. The third-order valence-corrected chi connectivity index (χ3v) is 3.36. The molecule has 1 saturated heterocycles. The van der Waals surface area contributed by atoms with Gasteiger partial charge in [0.15, 0.2) is 0 Å². The van der Waals surface area contributed by atoms with Crippen molar-refractivity contribution in [3.8, 4) is 0 Å². The summed E-state index contributed by atoms with van der Waals surface area (Å²) in [5.74, 6) is -0.178. The van der Waals surface area contributed by atoms with Gasteiger partial charge < -0.3 is 20.8 Å². The van der Waals surface area contributed by atoms with Crippen molar-refractivity contribution in [3.05, 3.63) is 35.4 Å². The molecule has 0 unspecified atom stereocenters. The predicted molar refractivity (Wildman–Crippen MR) is 71.6 cm³/mol. The number of hydrogen-bond donors (Lipinski definition) is 4. The Labute approximate surface area is 112 Å². The number of β-amino-alcohol motifs (C(OH)–C–C–N with tert-alkyl or cyclic N) is 1. The van der Waals surface area contributed by atoms with E-state index in [9.17, 15) is 15.0 Å². The molecule has 0 aliphatic carbocycles. The van der Waals surface area contributed by atoms with Crippen LogP contribution in [0, 0.1) is 6.92 Å². The van der Waals surface area contributed by atoms with Gasteiger partial charge in [-0.3, -0.25) is 4.79 Å². The second-order valence-corrected chi connectivity index (χ2v) is 5.02. The van der Waals surface area contributed by atoms with Crippen molar-refractivity contribution >= 4 is 5.91 Å². The van der Waals surface area contributed by atoms with Gasteiger partial charge in [-0.15, -0.1) is 0 Å². The number of nitrogens with one attached hydrogen (secondary N) is 2. The van der Waals surface area contributed by atoms with Crippen LogP contribution in [0.15, 0.2) is 24.3 Å². The number of benzene rings is 1. The van der Waals surface area contributed by atoms with Gasteiger partial charge in [0.25, 0.3) is 0 Å². The van der Waals surface area contributed by atoms with E-state index in [0.29, 0.717) is 13.0 Å². The Morgan fingerprint density at radius 3 is 2.74 bits per heavy atom.